The number of nitrogens with zero attached hydrogens (tertiary/aromatic N) is 3. The van der Waals surface area contributed by atoms with Crippen LogP contribution in [0.2, 0.25) is 0 Å². The first-order valence-corrected chi connectivity index (χ1v) is 8.70. The lowest BCUT2D eigenvalue weighted by Gasteiger charge is -2.23. The molecule has 0 spiro atoms. The molecule has 1 aliphatic rings. The van der Waals surface area contributed by atoms with Crippen molar-refractivity contribution < 1.29 is 4.39 Å². The predicted octanol–water partition coefficient (Wildman–Crippen LogP) is 3.60. The summed E-state index contributed by atoms with van der Waals surface area (Å²) >= 11 is 1.65. The number of nitrogens with one attached hydrogen (secondary N) is 1. The number of pyridine rings is 1. The molecule has 0 radical (unpaired) electrons. The van der Waals surface area contributed by atoms with Crippen LogP contribution in [0, 0.1) is 17.1 Å². The molecule has 0 aliphatic carbocycles. The van der Waals surface area contributed by atoms with Crippen LogP contribution in [-0.4, -0.2) is 20.3 Å². The third-order valence-electron chi connectivity index (χ3n) is 3.85. The highest BCUT2D eigenvalue weighted by atomic mass is 32.2. The van der Waals surface area contributed by atoms with Crippen LogP contribution in [0.1, 0.15) is 33.4 Å². The Morgan fingerprint density at radius 1 is 1.35 bits per heavy atom. The van der Waals surface area contributed by atoms with E-state index in [4.69, 9.17) is 5.41 Å². The van der Waals surface area contributed by atoms with Gasteiger partial charge < -0.3 is 4.57 Å². The van der Waals surface area contributed by atoms with Crippen LogP contribution in [0.15, 0.2) is 23.5 Å². The number of hydrogen-bond donors (Lipinski definition) is 1. The Hall–Kier alpha value is -1.69. The standard InChI is InChI=1S/C17H21FN4S/c1-10-8-22-14(19)6-13(21-16(22)23-9-10)11-5-12(18)15(20-7-11)17(2,3)4/h5-7,10,19H,8-9H2,1-4H3. The molecule has 1 aliphatic heterocycles. The van der Waals surface area contributed by atoms with Crippen molar-refractivity contribution in [3.8, 4) is 11.3 Å². The van der Waals surface area contributed by atoms with Crippen molar-refractivity contribution in [1.82, 2.24) is 14.5 Å². The Bertz CT molecular complexity index is 807. The number of thioether (sulfide) groups is 1. The van der Waals surface area contributed by atoms with E-state index in [9.17, 15) is 4.39 Å². The summed E-state index contributed by atoms with van der Waals surface area (Å²) in [6, 6.07) is 3.16. The highest BCUT2D eigenvalue weighted by Gasteiger charge is 2.22. The smallest absolute Gasteiger partial charge is 0.170 e. The molecule has 4 nitrogen and oxygen atoms in total. The van der Waals surface area contributed by atoms with Crippen LogP contribution in [0.4, 0.5) is 4.39 Å². The molecule has 1 atom stereocenters. The molecule has 23 heavy (non-hydrogen) atoms. The van der Waals surface area contributed by atoms with Gasteiger partial charge in [-0.3, -0.25) is 10.4 Å². The molecule has 0 fully saturated rings. The minimum atomic E-state index is -0.339. The largest absolute Gasteiger partial charge is 0.306 e. The highest BCUT2D eigenvalue weighted by Crippen LogP contribution is 2.29. The van der Waals surface area contributed by atoms with Crippen LogP contribution in [-0.2, 0) is 12.0 Å². The first kappa shape index (κ1) is 16.2. The molecule has 122 valence electrons. The number of halogens is 1. The second-order valence-electron chi connectivity index (χ2n) is 7.14. The average molecular weight is 332 g/mol. The van der Waals surface area contributed by atoms with Gasteiger partial charge in [0.2, 0.25) is 0 Å². The Morgan fingerprint density at radius 3 is 2.74 bits per heavy atom. The van der Waals surface area contributed by atoms with E-state index < -0.39 is 0 Å². The summed E-state index contributed by atoms with van der Waals surface area (Å²) in [4.78, 5) is 8.90. The molecular weight excluding hydrogens is 311 g/mol. The maximum absolute atomic E-state index is 14.4. The van der Waals surface area contributed by atoms with Crippen LogP contribution in [0.3, 0.4) is 0 Å². The molecule has 3 rings (SSSR count). The molecule has 2 aromatic rings. The van der Waals surface area contributed by atoms with Crippen molar-refractivity contribution in [2.24, 2.45) is 5.92 Å². The van der Waals surface area contributed by atoms with Crippen molar-refractivity contribution in [2.75, 3.05) is 5.75 Å². The zero-order valence-corrected chi connectivity index (χ0v) is 14.7. The minimum Gasteiger partial charge on any atom is -0.306 e. The van der Waals surface area contributed by atoms with Gasteiger partial charge in [0.25, 0.3) is 0 Å². The molecule has 2 aromatic heterocycles. The van der Waals surface area contributed by atoms with Gasteiger partial charge in [-0.2, -0.15) is 0 Å². The summed E-state index contributed by atoms with van der Waals surface area (Å²) in [7, 11) is 0. The summed E-state index contributed by atoms with van der Waals surface area (Å²) in [6.07, 6.45) is 1.65. The minimum absolute atomic E-state index is 0.324. The van der Waals surface area contributed by atoms with Gasteiger partial charge in [0.15, 0.2) is 5.16 Å². The van der Waals surface area contributed by atoms with Crippen LogP contribution >= 0.6 is 11.8 Å². The second-order valence-corrected chi connectivity index (χ2v) is 8.13. The van der Waals surface area contributed by atoms with Gasteiger partial charge in [0.05, 0.1) is 11.4 Å². The van der Waals surface area contributed by atoms with Gasteiger partial charge in [-0.25, -0.2) is 9.37 Å². The predicted molar refractivity (Wildman–Crippen MR) is 89.9 cm³/mol. The van der Waals surface area contributed by atoms with Crippen molar-refractivity contribution >= 4 is 11.8 Å². The molecule has 1 unspecified atom stereocenters. The van der Waals surface area contributed by atoms with Gasteiger partial charge in [0.1, 0.15) is 11.3 Å². The highest BCUT2D eigenvalue weighted by molar-refractivity contribution is 7.99. The molecular formula is C17H21FN4S. The van der Waals surface area contributed by atoms with E-state index in [2.05, 4.69) is 16.9 Å². The number of hydrogen-bond acceptors (Lipinski definition) is 4. The lowest BCUT2D eigenvalue weighted by atomic mass is 9.91. The Labute approximate surface area is 139 Å². The third-order valence-corrected chi connectivity index (χ3v) is 5.16. The summed E-state index contributed by atoms with van der Waals surface area (Å²) < 4.78 is 16.3. The summed E-state index contributed by atoms with van der Waals surface area (Å²) in [6.45, 7) is 8.79. The van der Waals surface area contributed by atoms with E-state index in [1.165, 1.54) is 6.07 Å². The summed E-state index contributed by atoms with van der Waals surface area (Å²) in [5.74, 6) is 1.19. The number of aromatic nitrogens is 3. The fourth-order valence-electron chi connectivity index (χ4n) is 2.65. The Morgan fingerprint density at radius 2 is 2.09 bits per heavy atom. The molecule has 3 heterocycles. The van der Waals surface area contributed by atoms with Crippen molar-refractivity contribution in [3.05, 3.63) is 35.3 Å². The summed E-state index contributed by atoms with van der Waals surface area (Å²) in [5, 5.41) is 9.04. The van der Waals surface area contributed by atoms with Gasteiger partial charge in [-0.1, -0.05) is 39.5 Å². The molecule has 0 aromatic carbocycles. The molecule has 0 saturated carbocycles. The SMILES string of the molecule is CC1CSc2nc(-c3cnc(C(C)(C)C)c(F)c3)cc(=N)n2C1. The number of fused-ring (bicyclic) bond motifs is 1. The van der Waals surface area contributed by atoms with Crippen LogP contribution in [0.5, 0.6) is 0 Å². The van der Waals surface area contributed by atoms with E-state index in [1.807, 2.05) is 25.3 Å². The van der Waals surface area contributed by atoms with Crippen molar-refractivity contribution in [3.63, 3.8) is 0 Å². The third kappa shape index (κ3) is 3.17. The number of rotatable bonds is 1. The monoisotopic (exact) mass is 332 g/mol. The topological polar surface area (TPSA) is 54.6 Å². The van der Waals surface area contributed by atoms with Gasteiger partial charge in [-0.15, -0.1) is 0 Å². The van der Waals surface area contributed by atoms with Gasteiger partial charge in [-0.05, 0) is 12.0 Å². The summed E-state index contributed by atoms with van der Waals surface area (Å²) in [5.41, 5.74) is 1.74. The first-order chi connectivity index (χ1) is 10.8. The van der Waals surface area contributed by atoms with E-state index in [1.54, 1.807) is 24.0 Å². The average Bonchev–Trinajstić information content (AvgIpc) is 2.46. The lowest BCUT2D eigenvalue weighted by Crippen LogP contribution is -2.29. The first-order valence-electron chi connectivity index (χ1n) is 7.71. The zero-order chi connectivity index (χ0) is 16.8. The Kier molecular flexibility index (Phi) is 4.04. The van der Waals surface area contributed by atoms with Crippen LogP contribution < -0.4 is 5.49 Å². The van der Waals surface area contributed by atoms with Gasteiger partial charge in [0, 0.05) is 35.5 Å². The van der Waals surface area contributed by atoms with E-state index in [0.717, 1.165) is 17.5 Å². The lowest BCUT2D eigenvalue weighted by molar-refractivity contribution is 0.453. The van der Waals surface area contributed by atoms with E-state index in [-0.39, 0.29) is 11.2 Å². The maximum Gasteiger partial charge on any atom is 0.170 e. The van der Waals surface area contributed by atoms with Gasteiger partial charge >= 0.3 is 0 Å². The van der Waals surface area contributed by atoms with Crippen LogP contribution in [0.25, 0.3) is 11.3 Å². The molecule has 0 amide bonds. The fourth-order valence-corrected chi connectivity index (χ4v) is 3.68. The molecule has 6 heteroatoms. The Balaban J connectivity index is 2.05. The van der Waals surface area contributed by atoms with Crippen molar-refractivity contribution in [1.29, 1.82) is 5.41 Å². The normalized spacial score (nSPS) is 17.9. The van der Waals surface area contributed by atoms with E-state index in [0.29, 0.717) is 28.4 Å². The fraction of sp³-hybridized carbons (Fsp3) is 0.471. The van der Waals surface area contributed by atoms with Crippen molar-refractivity contribution in [2.45, 2.75) is 44.8 Å². The zero-order valence-electron chi connectivity index (χ0n) is 13.9. The molecule has 1 N–H and O–H groups in total. The quantitative estimate of drug-likeness (QED) is 0.812. The molecule has 0 saturated heterocycles. The maximum atomic E-state index is 14.4. The van der Waals surface area contributed by atoms with E-state index >= 15 is 0 Å². The molecule has 0 bridgehead atoms. The second kappa shape index (κ2) is 5.74.